The highest BCUT2D eigenvalue weighted by molar-refractivity contribution is 9.09. The highest BCUT2D eigenvalue weighted by Gasteiger charge is 2.43. The number of ether oxygens (including phenoxy) is 1. The number of halogens is 1. The van der Waals surface area contributed by atoms with E-state index in [4.69, 9.17) is 4.74 Å². The van der Waals surface area contributed by atoms with E-state index < -0.39 is 0 Å². The van der Waals surface area contributed by atoms with Crippen LogP contribution in [0.3, 0.4) is 0 Å². The van der Waals surface area contributed by atoms with Crippen molar-refractivity contribution in [2.24, 2.45) is 0 Å². The molecule has 0 amide bonds. The third-order valence-electron chi connectivity index (χ3n) is 4.65. The van der Waals surface area contributed by atoms with E-state index >= 15 is 0 Å². The molecular weight excluding hydrogens is 302 g/mol. The van der Waals surface area contributed by atoms with Crippen LogP contribution in [0.25, 0.3) is 0 Å². The SMILES string of the molecule is CN1C(C)(C)CC(OCCCCCCBr)CC1(C)C. The van der Waals surface area contributed by atoms with Gasteiger partial charge in [-0.3, -0.25) is 4.90 Å². The molecule has 0 bridgehead atoms. The molecule has 0 N–H and O–H groups in total. The molecule has 1 aliphatic heterocycles. The monoisotopic (exact) mass is 333 g/mol. The minimum atomic E-state index is 0.238. The maximum absolute atomic E-state index is 6.14. The van der Waals surface area contributed by atoms with Crippen molar-refractivity contribution in [3.05, 3.63) is 0 Å². The maximum Gasteiger partial charge on any atom is 0.0610 e. The molecule has 3 heteroatoms. The van der Waals surface area contributed by atoms with E-state index in [0.717, 1.165) is 24.8 Å². The highest BCUT2D eigenvalue weighted by atomic mass is 79.9. The maximum atomic E-state index is 6.14. The second kappa shape index (κ2) is 7.42. The smallest absolute Gasteiger partial charge is 0.0610 e. The van der Waals surface area contributed by atoms with E-state index in [0.29, 0.717) is 6.10 Å². The highest BCUT2D eigenvalue weighted by Crippen LogP contribution is 2.38. The lowest BCUT2D eigenvalue weighted by atomic mass is 9.79. The number of hydrogen-bond acceptors (Lipinski definition) is 2. The van der Waals surface area contributed by atoms with E-state index in [2.05, 4.69) is 55.6 Å². The molecule has 2 nitrogen and oxygen atoms in total. The number of rotatable bonds is 7. The Morgan fingerprint density at radius 1 is 1.00 bits per heavy atom. The quantitative estimate of drug-likeness (QED) is 0.498. The summed E-state index contributed by atoms with van der Waals surface area (Å²) >= 11 is 3.48. The van der Waals surface area contributed by atoms with Crippen molar-refractivity contribution in [3.63, 3.8) is 0 Å². The third-order valence-corrected chi connectivity index (χ3v) is 5.21. The van der Waals surface area contributed by atoms with Crippen molar-refractivity contribution < 1.29 is 4.74 Å². The molecular formula is C16H32BrNO. The van der Waals surface area contributed by atoms with Gasteiger partial charge in [-0.2, -0.15) is 0 Å². The molecule has 1 fully saturated rings. The molecule has 1 heterocycles. The average Bonchev–Trinajstić information content (AvgIpc) is 2.30. The Hall–Kier alpha value is 0.400. The molecule has 0 saturated carbocycles. The van der Waals surface area contributed by atoms with Gasteiger partial charge in [-0.25, -0.2) is 0 Å². The fraction of sp³-hybridized carbons (Fsp3) is 1.00. The van der Waals surface area contributed by atoms with Gasteiger partial charge in [0, 0.05) is 23.0 Å². The summed E-state index contributed by atoms with van der Waals surface area (Å²) in [5.74, 6) is 0. The Balaban J connectivity index is 2.31. The molecule has 1 rings (SSSR count). The summed E-state index contributed by atoms with van der Waals surface area (Å²) in [7, 11) is 2.25. The largest absolute Gasteiger partial charge is 0.378 e. The van der Waals surface area contributed by atoms with E-state index in [1.54, 1.807) is 0 Å². The van der Waals surface area contributed by atoms with Crippen molar-refractivity contribution >= 4 is 15.9 Å². The van der Waals surface area contributed by atoms with Gasteiger partial charge in [0.25, 0.3) is 0 Å². The summed E-state index contributed by atoms with van der Waals surface area (Å²) in [6.45, 7) is 10.3. The van der Waals surface area contributed by atoms with Crippen LogP contribution in [0.15, 0.2) is 0 Å². The Kier molecular flexibility index (Phi) is 6.82. The lowest BCUT2D eigenvalue weighted by Crippen LogP contribution is -2.60. The number of nitrogens with zero attached hydrogens (tertiary/aromatic N) is 1. The lowest BCUT2D eigenvalue weighted by Gasteiger charge is -2.53. The average molecular weight is 334 g/mol. The van der Waals surface area contributed by atoms with Crippen LogP contribution < -0.4 is 0 Å². The Morgan fingerprint density at radius 2 is 1.53 bits per heavy atom. The number of piperidine rings is 1. The molecule has 0 spiro atoms. The molecule has 0 unspecified atom stereocenters. The second-order valence-corrected chi connectivity index (χ2v) is 7.98. The minimum absolute atomic E-state index is 0.238. The van der Waals surface area contributed by atoms with Gasteiger partial charge in [0.05, 0.1) is 6.10 Å². The van der Waals surface area contributed by atoms with Crippen LogP contribution in [0.5, 0.6) is 0 Å². The van der Waals surface area contributed by atoms with Crippen LogP contribution >= 0.6 is 15.9 Å². The molecule has 19 heavy (non-hydrogen) atoms. The number of alkyl halides is 1. The predicted molar refractivity (Wildman–Crippen MR) is 87.2 cm³/mol. The molecule has 114 valence electrons. The van der Waals surface area contributed by atoms with Crippen LogP contribution in [-0.4, -0.2) is 41.1 Å². The fourth-order valence-electron chi connectivity index (χ4n) is 3.20. The standard InChI is InChI=1S/C16H32BrNO/c1-15(2)12-14(13-16(3,4)18(15)5)19-11-9-7-6-8-10-17/h14H,6-13H2,1-5H3. The summed E-state index contributed by atoms with van der Waals surface area (Å²) in [6.07, 6.45) is 7.83. The Labute approximate surface area is 128 Å². The van der Waals surface area contributed by atoms with Gasteiger partial charge in [0.1, 0.15) is 0 Å². The van der Waals surface area contributed by atoms with Gasteiger partial charge >= 0.3 is 0 Å². The summed E-state index contributed by atoms with van der Waals surface area (Å²) in [5, 5.41) is 1.13. The summed E-state index contributed by atoms with van der Waals surface area (Å²) in [4.78, 5) is 2.51. The van der Waals surface area contributed by atoms with Crippen LogP contribution in [0.4, 0.5) is 0 Å². The van der Waals surface area contributed by atoms with Gasteiger partial charge in [-0.1, -0.05) is 28.8 Å². The Bertz CT molecular complexity index is 247. The zero-order chi connectivity index (χ0) is 14.5. The van der Waals surface area contributed by atoms with Crippen molar-refractivity contribution in [1.29, 1.82) is 0 Å². The fourth-order valence-corrected chi connectivity index (χ4v) is 3.59. The molecule has 1 aliphatic rings. The van der Waals surface area contributed by atoms with Gasteiger partial charge < -0.3 is 4.74 Å². The van der Waals surface area contributed by atoms with E-state index in [1.165, 1.54) is 25.7 Å². The van der Waals surface area contributed by atoms with Crippen molar-refractivity contribution in [1.82, 2.24) is 4.90 Å². The normalized spacial score (nSPS) is 23.7. The van der Waals surface area contributed by atoms with Gasteiger partial charge in [0.15, 0.2) is 0 Å². The Morgan fingerprint density at radius 3 is 2.05 bits per heavy atom. The van der Waals surface area contributed by atoms with Gasteiger partial charge in [0.2, 0.25) is 0 Å². The van der Waals surface area contributed by atoms with Crippen LogP contribution in [-0.2, 0) is 4.74 Å². The summed E-state index contributed by atoms with van der Waals surface area (Å²) in [6, 6.07) is 0. The first-order valence-electron chi connectivity index (χ1n) is 7.71. The van der Waals surface area contributed by atoms with Crippen LogP contribution in [0.1, 0.15) is 66.2 Å². The molecule has 0 radical (unpaired) electrons. The van der Waals surface area contributed by atoms with E-state index in [-0.39, 0.29) is 11.1 Å². The zero-order valence-electron chi connectivity index (χ0n) is 13.5. The second-order valence-electron chi connectivity index (χ2n) is 7.19. The topological polar surface area (TPSA) is 12.5 Å². The van der Waals surface area contributed by atoms with Gasteiger partial charge in [-0.05, 0) is 60.4 Å². The first-order chi connectivity index (χ1) is 8.79. The predicted octanol–water partition coefficient (Wildman–Crippen LogP) is 4.61. The first kappa shape index (κ1) is 17.5. The summed E-state index contributed by atoms with van der Waals surface area (Å²) < 4.78 is 6.14. The van der Waals surface area contributed by atoms with Crippen LogP contribution in [0.2, 0.25) is 0 Å². The lowest BCUT2D eigenvalue weighted by molar-refractivity contribution is -0.0918. The molecule has 0 aromatic rings. The molecule has 1 saturated heterocycles. The van der Waals surface area contributed by atoms with Crippen LogP contribution in [0, 0.1) is 0 Å². The zero-order valence-corrected chi connectivity index (χ0v) is 15.1. The number of likely N-dealkylation sites (tertiary alicyclic amines) is 1. The number of unbranched alkanes of at least 4 members (excludes halogenated alkanes) is 3. The first-order valence-corrected chi connectivity index (χ1v) is 8.83. The molecule has 0 aromatic carbocycles. The molecule has 0 atom stereocenters. The third kappa shape index (κ3) is 5.35. The number of hydrogen-bond donors (Lipinski definition) is 0. The van der Waals surface area contributed by atoms with Crippen molar-refractivity contribution in [3.8, 4) is 0 Å². The molecule has 0 aromatic heterocycles. The van der Waals surface area contributed by atoms with Crippen molar-refractivity contribution in [2.75, 3.05) is 19.0 Å². The van der Waals surface area contributed by atoms with Gasteiger partial charge in [-0.15, -0.1) is 0 Å². The molecule has 0 aliphatic carbocycles. The van der Waals surface area contributed by atoms with E-state index in [1.807, 2.05) is 0 Å². The minimum Gasteiger partial charge on any atom is -0.378 e. The summed E-state index contributed by atoms with van der Waals surface area (Å²) in [5.41, 5.74) is 0.477. The van der Waals surface area contributed by atoms with E-state index in [9.17, 15) is 0 Å². The van der Waals surface area contributed by atoms with Crippen molar-refractivity contribution in [2.45, 2.75) is 83.4 Å².